The summed E-state index contributed by atoms with van der Waals surface area (Å²) < 4.78 is 15.3. The van der Waals surface area contributed by atoms with Crippen LogP contribution in [0.15, 0.2) is 21.6 Å². The SMILES string of the molecule is C[C@@H](O)[C@H](NC(=O)OC(C)(C)C)C(=O)N1CCCC12CN(Cc1nnco1)C2=O.O=C1N(Cc2nnco2)CC12CCCN2. The van der Waals surface area contributed by atoms with Crippen molar-refractivity contribution in [2.45, 2.75) is 95.3 Å². The predicted molar refractivity (Wildman–Crippen MR) is 148 cm³/mol. The molecular formula is C27H39N9O8. The van der Waals surface area contributed by atoms with Crippen LogP contribution < -0.4 is 10.6 Å². The number of hydrogen-bond donors (Lipinski definition) is 3. The average Bonchev–Trinajstić information content (AvgIpc) is 3.78. The summed E-state index contributed by atoms with van der Waals surface area (Å²) in [5.74, 6) is 0.268. The zero-order chi connectivity index (χ0) is 31.7. The second-order valence-corrected chi connectivity index (χ2v) is 12.6. The van der Waals surface area contributed by atoms with Crippen molar-refractivity contribution in [3.05, 3.63) is 24.6 Å². The van der Waals surface area contributed by atoms with Crippen molar-refractivity contribution in [2.75, 3.05) is 26.2 Å². The molecule has 0 aliphatic carbocycles. The number of aliphatic hydroxyl groups is 1. The number of carbonyl (C=O) groups excluding carboxylic acids is 4. The van der Waals surface area contributed by atoms with Crippen LogP contribution in [-0.4, -0.2) is 119 Å². The molecular weight excluding hydrogens is 578 g/mol. The van der Waals surface area contributed by atoms with Crippen LogP contribution in [0.1, 0.15) is 65.2 Å². The van der Waals surface area contributed by atoms with Gasteiger partial charge in [0, 0.05) is 13.1 Å². The molecule has 44 heavy (non-hydrogen) atoms. The molecule has 2 spiro atoms. The molecule has 0 saturated carbocycles. The summed E-state index contributed by atoms with van der Waals surface area (Å²) >= 11 is 0. The fourth-order valence-corrected chi connectivity index (χ4v) is 6.15. The van der Waals surface area contributed by atoms with Crippen LogP contribution >= 0.6 is 0 Å². The Morgan fingerprint density at radius 1 is 1.05 bits per heavy atom. The second kappa shape index (κ2) is 12.1. The van der Waals surface area contributed by atoms with Crippen molar-refractivity contribution >= 4 is 23.8 Å². The van der Waals surface area contributed by atoms with Crippen molar-refractivity contribution in [3.63, 3.8) is 0 Å². The number of β-lactam (4-membered cyclic amide) rings is 2. The van der Waals surface area contributed by atoms with Gasteiger partial charge in [0.25, 0.3) is 5.91 Å². The summed E-state index contributed by atoms with van der Waals surface area (Å²) in [5, 5.41) is 30.5. The molecule has 4 amide bonds. The first-order chi connectivity index (χ1) is 20.8. The van der Waals surface area contributed by atoms with Crippen molar-refractivity contribution < 1.29 is 37.9 Å². The Labute approximate surface area is 253 Å². The highest BCUT2D eigenvalue weighted by atomic mass is 16.6. The van der Waals surface area contributed by atoms with Crippen molar-refractivity contribution in [3.8, 4) is 0 Å². The third-order valence-corrected chi connectivity index (χ3v) is 8.18. The molecule has 2 aromatic rings. The Morgan fingerprint density at radius 2 is 1.68 bits per heavy atom. The van der Waals surface area contributed by atoms with E-state index in [2.05, 4.69) is 31.0 Å². The monoisotopic (exact) mass is 617 g/mol. The normalized spacial score (nSPS) is 25.8. The smallest absolute Gasteiger partial charge is 0.408 e. The van der Waals surface area contributed by atoms with Gasteiger partial charge in [-0.2, -0.15) is 0 Å². The van der Waals surface area contributed by atoms with E-state index in [0.29, 0.717) is 44.3 Å². The quantitative estimate of drug-likeness (QED) is 0.338. The highest BCUT2D eigenvalue weighted by molar-refractivity contribution is 5.99. The van der Waals surface area contributed by atoms with E-state index in [9.17, 15) is 24.3 Å². The number of hydrogen-bond acceptors (Lipinski definition) is 13. The molecule has 6 heterocycles. The third kappa shape index (κ3) is 6.24. The minimum absolute atomic E-state index is 0.165. The maximum absolute atomic E-state index is 13.1. The van der Waals surface area contributed by atoms with Crippen LogP contribution in [0.3, 0.4) is 0 Å². The number of nitrogens with zero attached hydrogens (tertiary/aromatic N) is 7. The first-order valence-electron chi connectivity index (χ1n) is 14.7. The summed E-state index contributed by atoms with van der Waals surface area (Å²) in [6.07, 6.45) is 3.73. The lowest BCUT2D eigenvalue weighted by molar-refractivity contribution is -0.170. The molecule has 4 saturated heterocycles. The van der Waals surface area contributed by atoms with Gasteiger partial charge in [-0.3, -0.25) is 14.4 Å². The fraction of sp³-hybridized carbons (Fsp3) is 0.704. The van der Waals surface area contributed by atoms with E-state index in [4.69, 9.17) is 13.6 Å². The molecule has 6 rings (SSSR count). The van der Waals surface area contributed by atoms with Gasteiger partial charge in [-0.15, -0.1) is 20.4 Å². The van der Waals surface area contributed by atoms with Gasteiger partial charge >= 0.3 is 6.09 Å². The number of ether oxygens (including phenoxy) is 1. The minimum atomic E-state index is -1.21. The molecule has 2 aromatic heterocycles. The molecule has 0 aromatic carbocycles. The zero-order valence-electron chi connectivity index (χ0n) is 25.3. The highest BCUT2D eigenvalue weighted by Gasteiger charge is 2.60. The van der Waals surface area contributed by atoms with Crippen molar-refractivity contribution in [1.29, 1.82) is 0 Å². The van der Waals surface area contributed by atoms with E-state index in [1.807, 2.05) is 0 Å². The van der Waals surface area contributed by atoms with E-state index in [1.165, 1.54) is 29.5 Å². The van der Waals surface area contributed by atoms with E-state index in [-0.39, 0.29) is 23.9 Å². The Morgan fingerprint density at radius 3 is 2.16 bits per heavy atom. The van der Waals surface area contributed by atoms with Crippen LogP contribution in [0.2, 0.25) is 0 Å². The topological polar surface area (TPSA) is 209 Å². The first-order valence-corrected chi connectivity index (χ1v) is 14.7. The zero-order valence-corrected chi connectivity index (χ0v) is 25.3. The number of amides is 4. The van der Waals surface area contributed by atoms with Gasteiger partial charge in [0.15, 0.2) is 0 Å². The molecule has 0 bridgehead atoms. The molecule has 17 heteroatoms. The van der Waals surface area contributed by atoms with Crippen LogP contribution in [0.25, 0.3) is 0 Å². The van der Waals surface area contributed by atoms with Gasteiger partial charge < -0.3 is 44.0 Å². The second-order valence-electron chi connectivity index (χ2n) is 12.6. The lowest BCUT2D eigenvalue weighted by atomic mass is 9.85. The molecule has 2 unspecified atom stereocenters. The van der Waals surface area contributed by atoms with Gasteiger partial charge in [-0.1, -0.05) is 0 Å². The van der Waals surface area contributed by atoms with E-state index in [1.54, 1.807) is 25.7 Å². The van der Waals surface area contributed by atoms with Crippen LogP contribution in [-0.2, 0) is 32.2 Å². The molecule has 0 radical (unpaired) electrons. The molecule has 3 N–H and O–H groups in total. The van der Waals surface area contributed by atoms with E-state index >= 15 is 0 Å². The average molecular weight is 618 g/mol. The summed E-state index contributed by atoms with van der Waals surface area (Å²) in [4.78, 5) is 54.8. The Bertz CT molecular complexity index is 1340. The number of rotatable bonds is 7. The Kier molecular flexibility index (Phi) is 8.62. The van der Waals surface area contributed by atoms with Gasteiger partial charge in [-0.05, 0) is 59.9 Å². The standard InChI is InChI=1S/C18H27N5O6.C9H12N4O2/c1-11(24)13(20-16(27)29-17(2,3)4)14(25)23-7-5-6-18(23)9-22(15(18)26)8-12-21-19-10-28-12;14-8-9(2-1-3-10-9)5-13(8)4-7-12-11-6-15-7/h10-11,13,24H,5-9H2,1-4H3,(H,20,27);6,10H,1-5H2/t11-,13+,18?;/m1./s1. The molecule has 4 aliphatic rings. The van der Waals surface area contributed by atoms with Crippen LogP contribution in [0, 0.1) is 0 Å². The van der Waals surface area contributed by atoms with Crippen molar-refractivity contribution in [2.24, 2.45) is 0 Å². The van der Waals surface area contributed by atoms with Gasteiger partial charge in [0.05, 0.1) is 25.7 Å². The number of likely N-dealkylation sites (tertiary alicyclic amines) is 3. The van der Waals surface area contributed by atoms with E-state index in [0.717, 1.165) is 25.9 Å². The highest BCUT2D eigenvalue weighted by Crippen LogP contribution is 2.40. The number of alkyl carbamates (subject to hydrolysis) is 1. The van der Waals surface area contributed by atoms with E-state index < -0.39 is 35.3 Å². The number of aromatic nitrogens is 4. The van der Waals surface area contributed by atoms with Crippen LogP contribution in [0.4, 0.5) is 4.79 Å². The lowest BCUT2D eigenvalue weighted by Crippen LogP contribution is -2.74. The van der Waals surface area contributed by atoms with Gasteiger partial charge in [0.1, 0.15) is 22.7 Å². The minimum Gasteiger partial charge on any atom is -0.444 e. The maximum Gasteiger partial charge on any atom is 0.408 e. The lowest BCUT2D eigenvalue weighted by Gasteiger charge is -2.51. The predicted octanol–water partition coefficient (Wildman–Crippen LogP) is -0.419. The molecule has 17 nitrogen and oxygen atoms in total. The van der Waals surface area contributed by atoms with Crippen molar-refractivity contribution in [1.82, 2.24) is 45.7 Å². The van der Waals surface area contributed by atoms with Gasteiger partial charge in [-0.25, -0.2) is 4.79 Å². The largest absolute Gasteiger partial charge is 0.444 e. The summed E-state index contributed by atoms with van der Waals surface area (Å²) in [5.41, 5.74) is -1.97. The number of carbonyl (C=O) groups is 4. The van der Waals surface area contributed by atoms with Gasteiger partial charge in [0.2, 0.25) is 36.4 Å². The Hall–Kier alpha value is -4.12. The number of nitrogens with one attached hydrogen (secondary N) is 2. The molecule has 4 aliphatic heterocycles. The maximum atomic E-state index is 13.1. The van der Waals surface area contributed by atoms with Crippen LogP contribution in [0.5, 0.6) is 0 Å². The summed E-state index contributed by atoms with van der Waals surface area (Å²) in [6.45, 7) is 9.53. The molecule has 4 fully saturated rings. The Balaban J connectivity index is 0.000000212. The summed E-state index contributed by atoms with van der Waals surface area (Å²) in [7, 11) is 0. The fourth-order valence-electron chi connectivity index (χ4n) is 6.15. The first kappa shape index (κ1) is 31.3. The third-order valence-electron chi connectivity index (χ3n) is 8.18. The molecule has 4 atom stereocenters. The molecule has 240 valence electrons. The number of aliphatic hydroxyl groups excluding tert-OH is 1. The summed E-state index contributed by atoms with van der Waals surface area (Å²) in [6, 6.07) is -1.21.